The Morgan fingerprint density at radius 3 is 2.61 bits per heavy atom. The molecule has 1 aliphatic rings. The van der Waals surface area contributed by atoms with Crippen LogP contribution >= 0.6 is 0 Å². The van der Waals surface area contributed by atoms with Crippen molar-refractivity contribution in [2.45, 2.75) is 19.1 Å². The first-order chi connectivity index (χ1) is 11.1. The molecule has 1 N–H and O–H groups in total. The van der Waals surface area contributed by atoms with Gasteiger partial charge >= 0.3 is 5.97 Å². The number of likely N-dealkylation sites (N-methyl/N-ethyl adjacent to an activating group) is 1. The number of hydrogen-bond donors (Lipinski definition) is 1. The summed E-state index contributed by atoms with van der Waals surface area (Å²) in [5, 5.41) is 13.6. The highest BCUT2D eigenvalue weighted by atomic mass is 16.4. The average molecular weight is 314 g/mol. The summed E-state index contributed by atoms with van der Waals surface area (Å²) in [7, 11) is 1.88. The van der Waals surface area contributed by atoms with E-state index in [0.717, 1.165) is 26.2 Å². The van der Waals surface area contributed by atoms with Crippen LogP contribution in [0.2, 0.25) is 0 Å². The van der Waals surface area contributed by atoms with Crippen LogP contribution < -0.4 is 0 Å². The molecule has 1 saturated heterocycles. The van der Waals surface area contributed by atoms with Crippen molar-refractivity contribution in [3.05, 3.63) is 53.9 Å². The van der Waals surface area contributed by atoms with Crippen LogP contribution in [0.5, 0.6) is 0 Å². The second kappa shape index (κ2) is 6.93. The number of nitrogens with zero attached hydrogens (tertiary/aromatic N) is 4. The van der Waals surface area contributed by atoms with Crippen molar-refractivity contribution in [3.63, 3.8) is 0 Å². The minimum atomic E-state index is -0.748. The van der Waals surface area contributed by atoms with Gasteiger partial charge in [0, 0.05) is 38.6 Å². The van der Waals surface area contributed by atoms with E-state index in [0.29, 0.717) is 6.54 Å². The van der Waals surface area contributed by atoms with E-state index in [2.05, 4.69) is 22.1 Å². The smallest absolute Gasteiger partial charge is 0.322 e. The van der Waals surface area contributed by atoms with Crippen molar-refractivity contribution >= 4 is 5.97 Å². The molecule has 2 aromatic rings. The largest absolute Gasteiger partial charge is 0.480 e. The Labute approximate surface area is 135 Å². The van der Waals surface area contributed by atoms with Gasteiger partial charge in [-0.2, -0.15) is 5.10 Å². The molecular weight excluding hydrogens is 292 g/mol. The maximum Gasteiger partial charge on any atom is 0.322 e. The fourth-order valence-corrected chi connectivity index (χ4v) is 3.02. The highest BCUT2D eigenvalue weighted by molar-refractivity contribution is 5.73. The Bertz CT molecular complexity index is 656. The maximum atomic E-state index is 11.4. The van der Waals surface area contributed by atoms with E-state index in [1.165, 1.54) is 11.1 Å². The number of piperazine rings is 1. The second-order valence-electron chi connectivity index (χ2n) is 6.04. The highest BCUT2D eigenvalue weighted by Gasteiger charge is 2.29. The Hall–Kier alpha value is -2.18. The number of hydrogen-bond acceptors (Lipinski definition) is 4. The quantitative estimate of drug-likeness (QED) is 0.896. The van der Waals surface area contributed by atoms with Crippen LogP contribution in [0, 0.1) is 0 Å². The molecule has 0 amide bonds. The third-order valence-corrected chi connectivity index (χ3v) is 4.42. The van der Waals surface area contributed by atoms with Gasteiger partial charge in [0.1, 0.15) is 6.04 Å². The lowest BCUT2D eigenvalue weighted by Crippen LogP contribution is -2.54. The zero-order chi connectivity index (χ0) is 16.2. The van der Waals surface area contributed by atoms with Crippen molar-refractivity contribution in [1.82, 2.24) is 19.6 Å². The van der Waals surface area contributed by atoms with Gasteiger partial charge in [-0.25, -0.2) is 0 Å². The highest BCUT2D eigenvalue weighted by Crippen LogP contribution is 2.16. The van der Waals surface area contributed by atoms with E-state index in [1.54, 1.807) is 6.20 Å². The average Bonchev–Trinajstić information content (AvgIpc) is 3.04. The molecule has 0 spiro atoms. The van der Waals surface area contributed by atoms with Crippen molar-refractivity contribution in [2.24, 2.45) is 0 Å². The molecule has 3 rings (SSSR count). The molecule has 0 bridgehead atoms. The molecule has 1 aromatic heterocycles. The first-order valence-corrected chi connectivity index (χ1v) is 7.83. The molecule has 122 valence electrons. The normalized spacial score (nSPS) is 19.8. The molecule has 1 atom stereocenters. The number of carbonyl (C=O) groups is 1. The van der Waals surface area contributed by atoms with Crippen LogP contribution in [-0.2, 0) is 17.9 Å². The van der Waals surface area contributed by atoms with E-state index < -0.39 is 12.0 Å². The summed E-state index contributed by atoms with van der Waals surface area (Å²) in [6.07, 6.45) is 3.73. The van der Waals surface area contributed by atoms with Gasteiger partial charge in [-0.05, 0) is 24.2 Å². The van der Waals surface area contributed by atoms with Crippen molar-refractivity contribution in [2.75, 3.05) is 26.7 Å². The Morgan fingerprint density at radius 2 is 1.96 bits per heavy atom. The van der Waals surface area contributed by atoms with Crippen molar-refractivity contribution in [1.29, 1.82) is 0 Å². The van der Waals surface area contributed by atoms with Crippen molar-refractivity contribution < 1.29 is 9.90 Å². The maximum absolute atomic E-state index is 11.4. The first kappa shape index (κ1) is 15.7. The van der Waals surface area contributed by atoms with Gasteiger partial charge in [-0.3, -0.25) is 19.3 Å². The van der Waals surface area contributed by atoms with Crippen LogP contribution in [0.3, 0.4) is 0 Å². The lowest BCUT2D eigenvalue weighted by Gasteiger charge is -2.37. The third-order valence-electron chi connectivity index (χ3n) is 4.42. The van der Waals surface area contributed by atoms with E-state index in [4.69, 9.17) is 0 Å². The van der Waals surface area contributed by atoms with Gasteiger partial charge in [0.2, 0.25) is 0 Å². The summed E-state index contributed by atoms with van der Waals surface area (Å²) in [6, 6.07) is 9.79. The van der Waals surface area contributed by atoms with E-state index in [-0.39, 0.29) is 0 Å². The Kier molecular flexibility index (Phi) is 4.73. The third kappa shape index (κ3) is 3.78. The molecule has 0 saturated carbocycles. The standard InChI is InChI=1S/C17H22N4O2/c1-19-9-10-20(13-16(19)17(22)23)11-14-5-2-3-6-15(14)12-21-8-4-7-18-21/h2-8,16H,9-13H2,1H3,(H,22,23)/t16-/m1/s1. The van der Waals surface area contributed by atoms with E-state index >= 15 is 0 Å². The van der Waals surface area contributed by atoms with Crippen LogP contribution in [0.4, 0.5) is 0 Å². The number of rotatable bonds is 5. The van der Waals surface area contributed by atoms with Gasteiger partial charge in [0.15, 0.2) is 0 Å². The lowest BCUT2D eigenvalue weighted by atomic mass is 10.1. The van der Waals surface area contributed by atoms with Gasteiger partial charge in [-0.15, -0.1) is 0 Å². The molecule has 1 aromatic carbocycles. The molecule has 1 fully saturated rings. The molecule has 0 unspecified atom stereocenters. The summed E-state index contributed by atoms with van der Waals surface area (Å²) in [6.45, 7) is 3.73. The van der Waals surface area contributed by atoms with E-state index in [1.807, 2.05) is 41.0 Å². The number of benzene rings is 1. The van der Waals surface area contributed by atoms with Gasteiger partial charge in [0.25, 0.3) is 0 Å². The zero-order valence-corrected chi connectivity index (χ0v) is 13.3. The molecule has 1 aliphatic heterocycles. The summed E-state index contributed by atoms with van der Waals surface area (Å²) < 4.78 is 1.91. The molecule has 2 heterocycles. The van der Waals surface area contributed by atoms with Crippen LogP contribution in [-0.4, -0.2) is 63.4 Å². The van der Waals surface area contributed by atoms with Crippen LogP contribution in [0.25, 0.3) is 0 Å². The van der Waals surface area contributed by atoms with E-state index in [9.17, 15) is 9.90 Å². The molecule has 0 aliphatic carbocycles. The summed E-state index contributed by atoms with van der Waals surface area (Å²) in [4.78, 5) is 15.5. The van der Waals surface area contributed by atoms with Crippen molar-refractivity contribution in [3.8, 4) is 0 Å². The predicted molar refractivity (Wildman–Crippen MR) is 87.1 cm³/mol. The molecule has 23 heavy (non-hydrogen) atoms. The van der Waals surface area contributed by atoms with Crippen LogP contribution in [0.1, 0.15) is 11.1 Å². The molecular formula is C17H22N4O2. The second-order valence-corrected chi connectivity index (χ2v) is 6.04. The Balaban J connectivity index is 1.71. The minimum Gasteiger partial charge on any atom is -0.480 e. The van der Waals surface area contributed by atoms with Gasteiger partial charge < -0.3 is 5.11 Å². The summed E-state index contributed by atoms with van der Waals surface area (Å²) in [5.74, 6) is -0.748. The Morgan fingerprint density at radius 1 is 1.22 bits per heavy atom. The minimum absolute atomic E-state index is 0.429. The number of carboxylic acid groups (broad SMARTS) is 1. The zero-order valence-electron chi connectivity index (χ0n) is 13.3. The first-order valence-electron chi connectivity index (χ1n) is 7.83. The topological polar surface area (TPSA) is 61.6 Å². The fourth-order valence-electron chi connectivity index (χ4n) is 3.02. The number of aromatic nitrogens is 2. The predicted octanol–water partition coefficient (Wildman–Crippen LogP) is 1.13. The summed E-state index contributed by atoms with van der Waals surface area (Å²) >= 11 is 0. The molecule has 6 nitrogen and oxygen atoms in total. The number of aliphatic carboxylic acids is 1. The molecule has 6 heteroatoms. The summed E-state index contributed by atoms with van der Waals surface area (Å²) in [5.41, 5.74) is 2.46. The fraction of sp³-hybridized carbons (Fsp3) is 0.412. The van der Waals surface area contributed by atoms with Gasteiger partial charge in [0.05, 0.1) is 6.54 Å². The van der Waals surface area contributed by atoms with Crippen LogP contribution in [0.15, 0.2) is 42.7 Å². The SMILES string of the molecule is CN1CCN(Cc2ccccc2Cn2cccn2)C[C@@H]1C(=O)O. The lowest BCUT2D eigenvalue weighted by molar-refractivity contribution is -0.145. The number of carboxylic acids is 1. The van der Waals surface area contributed by atoms with Gasteiger partial charge in [-0.1, -0.05) is 24.3 Å². The monoisotopic (exact) mass is 314 g/mol. The molecule has 0 radical (unpaired) electrons.